The fraction of sp³-hybridized carbons (Fsp3) is 0.105. The molecule has 26 heavy (non-hydrogen) atoms. The van der Waals surface area contributed by atoms with Crippen LogP contribution in [0.2, 0.25) is 0 Å². The Balaban J connectivity index is 1.72. The van der Waals surface area contributed by atoms with Gasteiger partial charge in [0.1, 0.15) is 17.3 Å². The lowest BCUT2D eigenvalue weighted by molar-refractivity contribution is 0.102. The first kappa shape index (κ1) is 17.5. The summed E-state index contributed by atoms with van der Waals surface area (Å²) in [6.07, 6.45) is 0. The summed E-state index contributed by atoms with van der Waals surface area (Å²) in [5.41, 5.74) is 1.95. The largest absolute Gasteiger partial charge is 0.350 e. The lowest BCUT2D eigenvalue weighted by Crippen LogP contribution is -2.16. The Hall–Kier alpha value is -3.35. The number of hydrogen-bond acceptors (Lipinski definition) is 4. The summed E-state index contributed by atoms with van der Waals surface area (Å²) in [4.78, 5) is 20.8. The molecule has 1 aromatic heterocycles. The summed E-state index contributed by atoms with van der Waals surface area (Å²) >= 11 is 0. The van der Waals surface area contributed by atoms with Gasteiger partial charge in [0.25, 0.3) is 5.91 Å². The minimum atomic E-state index is -0.467. The molecule has 132 valence electrons. The molecule has 0 fully saturated rings. The monoisotopic (exact) mass is 354 g/mol. The molecule has 0 saturated carbocycles. The Bertz CT molecular complexity index is 929. The first-order valence-electron chi connectivity index (χ1n) is 7.90. The van der Waals surface area contributed by atoms with Crippen LogP contribution in [-0.4, -0.2) is 15.9 Å². The van der Waals surface area contributed by atoms with Crippen molar-refractivity contribution in [3.8, 4) is 0 Å². The standard InChI is InChI=1S/C19H16F2N4O/c1-12-9-17(18(26)24-16-4-2-3-15(21)10-16)25-19(23-12)22-11-13-5-7-14(20)8-6-13/h2-10H,11H2,1H3,(H,24,26)(H,22,23,25). The van der Waals surface area contributed by atoms with Crippen LogP contribution < -0.4 is 10.6 Å². The molecule has 0 bridgehead atoms. The first-order valence-corrected chi connectivity index (χ1v) is 7.90. The zero-order valence-corrected chi connectivity index (χ0v) is 14.0. The molecule has 0 atom stereocenters. The smallest absolute Gasteiger partial charge is 0.274 e. The molecule has 0 spiro atoms. The van der Waals surface area contributed by atoms with Crippen molar-refractivity contribution in [3.05, 3.63) is 83.2 Å². The quantitative estimate of drug-likeness (QED) is 0.729. The average molecular weight is 354 g/mol. The number of aromatic nitrogens is 2. The lowest BCUT2D eigenvalue weighted by Gasteiger charge is -2.09. The van der Waals surface area contributed by atoms with Gasteiger partial charge in [0, 0.05) is 17.9 Å². The van der Waals surface area contributed by atoms with Gasteiger partial charge in [0.05, 0.1) is 0 Å². The van der Waals surface area contributed by atoms with Crippen LogP contribution in [0, 0.1) is 18.6 Å². The fourth-order valence-corrected chi connectivity index (χ4v) is 2.31. The molecule has 1 amide bonds. The highest BCUT2D eigenvalue weighted by Crippen LogP contribution is 2.13. The van der Waals surface area contributed by atoms with E-state index in [-0.39, 0.29) is 17.5 Å². The molecule has 0 aliphatic rings. The van der Waals surface area contributed by atoms with E-state index in [4.69, 9.17) is 0 Å². The maximum atomic E-state index is 13.2. The predicted octanol–water partition coefficient (Wildman–Crippen LogP) is 3.93. The minimum Gasteiger partial charge on any atom is -0.350 e. The van der Waals surface area contributed by atoms with E-state index >= 15 is 0 Å². The summed E-state index contributed by atoms with van der Waals surface area (Å²) in [5.74, 6) is -0.940. The van der Waals surface area contributed by atoms with Crippen molar-refractivity contribution in [2.24, 2.45) is 0 Å². The number of aryl methyl sites for hydroxylation is 1. The number of carbonyl (C=O) groups excluding carboxylic acids is 1. The van der Waals surface area contributed by atoms with Gasteiger partial charge in [-0.1, -0.05) is 18.2 Å². The SMILES string of the molecule is Cc1cc(C(=O)Nc2cccc(F)c2)nc(NCc2ccc(F)cc2)n1. The molecular formula is C19H16F2N4O. The van der Waals surface area contributed by atoms with Gasteiger partial charge in [-0.15, -0.1) is 0 Å². The molecule has 1 heterocycles. The number of halogens is 2. The zero-order valence-electron chi connectivity index (χ0n) is 14.0. The van der Waals surface area contributed by atoms with E-state index in [0.717, 1.165) is 5.56 Å². The Morgan fingerprint density at radius 1 is 1.00 bits per heavy atom. The number of hydrogen-bond donors (Lipinski definition) is 2. The van der Waals surface area contributed by atoms with Crippen LogP contribution >= 0.6 is 0 Å². The minimum absolute atomic E-state index is 0.156. The molecule has 0 unspecified atom stereocenters. The molecular weight excluding hydrogens is 338 g/mol. The third-order valence-corrected chi connectivity index (χ3v) is 3.53. The Morgan fingerprint density at radius 3 is 2.50 bits per heavy atom. The summed E-state index contributed by atoms with van der Waals surface area (Å²) in [7, 11) is 0. The van der Waals surface area contributed by atoms with E-state index in [1.165, 1.54) is 36.4 Å². The summed E-state index contributed by atoms with van der Waals surface area (Å²) in [6, 6.07) is 13.2. The maximum absolute atomic E-state index is 13.2. The molecule has 0 aliphatic carbocycles. The Kier molecular flexibility index (Phi) is 5.17. The maximum Gasteiger partial charge on any atom is 0.274 e. The van der Waals surface area contributed by atoms with Crippen LogP contribution in [0.4, 0.5) is 20.4 Å². The van der Waals surface area contributed by atoms with Gasteiger partial charge in [0.2, 0.25) is 5.95 Å². The Morgan fingerprint density at radius 2 is 1.77 bits per heavy atom. The molecule has 0 aliphatic heterocycles. The van der Waals surface area contributed by atoms with E-state index < -0.39 is 11.7 Å². The first-order chi connectivity index (χ1) is 12.5. The number of amides is 1. The van der Waals surface area contributed by atoms with Gasteiger partial charge in [-0.3, -0.25) is 4.79 Å². The Labute approximate surface area is 149 Å². The van der Waals surface area contributed by atoms with Crippen molar-refractivity contribution < 1.29 is 13.6 Å². The van der Waals surface area contributed by atoms with E-state index in [1.54, 1.807) is 25.1 Å². The molecule has 0 saturated heterocycles. The second kappa shape index (κ2) is 7.69. The second-order valence-corrected chi connectivity index (χ2v) is 5.66. The van der Waals surface area contributed by atoms with E-state index in [1.807, 2.05) is 0 Å². The number of nitrogens with zero attached hydrogens (tertiary/aromatic N) is 2. The predicted molar refractivity (Wildman–Crippen MR) is 94.8 cm³/mol. The van der Waals surface area contributed by atoms with Crippen molar-refractivity contribution in [2.45, 2.75) is 13.5 Å². The lowest BCUT2D eigenvalue weighted by atomic mass is 10.2. The number of benzene rings is 2. The van der Waals surface area contributed by atoms with Crippen LogP contribution in [0.5, 0.6) is 0 Å². The normalized spacial score (nSPS) is 10.4. The van der Waals surface area contributed by atoms with Gasteiger partial charge in [0.15, 0.2) is 0 Å². The average Bonchev–Trinajstić information content (AvgIpc) is 2.61. The molecule has 0 radical (unpaired) electrons. The van der Waals surface area contributed by atoms with Gasteiger partial charge in [-0.2, -0.15) is 0 Å². The van der Waals surface area contributed by atoms with Crippen LogP contribution in [-0.2, 0) is 6.54 Å². The summed E-state index contributed by atoms with van der Waals surface area (Å²) < 4.78 is 26.2. The van der Waals surface area contributed by atoms with Crippen LogP contribution in [0.1, 0.15) is 21.7 Å². The van der Waals surface area contributed by atoms with Crippen molar-refractivity contribution in [1.29, 1.82) is 0 Å². The number of anilines is 2. The number of nitrogens with one attached hydrogen (secondary N) is 2. The third-order valence-electron chi connectivity index (χ3n) is 3.53. The summed E-state index contributed by atoms with van der Waals surface area (Å²) in [6.45, 7) is 2.12. The molecule has 2 aromatic carbocycles. The summed E-state index contributed by atoms with van der Waals surface area (Å²) in [5, 5.41) is 5.60. The molecule has 3 aromatic rings. The third kappa shape index (κ3) is 4.60. The van der Waals surface area contributed by atoms with Crippen LogP contribution in [0.15, 0.2) is 54.6 Å². The fourth-order valence-electron chi connectivity index (χ4n) is 2.31. The zero-order chi connectivity index (χ0) is 18.5. The topological polar surface area (TPSA) is 66.9 Å². The highest BCUT2D eigenvalue weighted by atomic mass is 19.1. The van der Waals surface area contributed by atoms with Gasteiger partial charge >= 0.3 is 0 Å². The van der Waals surface area contributed by atoms with E-state index in [2.05, 4.69) is 20.6 Å². The van der Waals surface area contributed by atoms with Gasteiger partial charge in [-0.05, 0) is 48.9 Å². The highest BCUT2D eigenvalue weighted by Gasteiger charge is 2.11. The second-order valence-electron chi connectivity index (χ2n) is 5.66. The van der Waals surface area contributed by atoms with E-state index in [9.17, 15) is 13.6 Å². The van der Waals surface area contributed by atoms with Crippen molar-refractivity contribution in [1.82, 2.24) is 9.97 Å². The molecule has 2 N–H and O–H groups in total. The molecule has 3 rings (SSSR count). The van der Waals surface area contributed by atoms with Crippen LogP contribution in [0.25, 0.3) is 0 Å². The molecule has 5 nitrogen and oxygen atoms in total. The number of carbonyl (C=O) groups is 1. The van der Waals surface area contributed by atoms with Crippen molar-refractivity contribution in [2.75, 3.05) is 10.6 Å². The number of rotatable bonds is 5. The van der Waals surface area contributed by atoms with Crippen LogP contribution in [0.3, 0.4) is 0 Å². The van der Waals surface area contributed by atoms with E-state index in [0.29, 0.717) is 17.9 Å². The highest BCUT2D eigenvalue weighted by molar-refractivity contribution is 6.03. The van der Waals surface area contributed by atoms with Gasteiger partial charge in [-0.25, -0.2) is 18.7 Å². The van der Waals surface area contributed by atoms with Crippen molar-refractivity contribution >= 4 is 17.5 Å². The molecule has 7 heteroatoms. The van der Waals surface area contributed by atoms with Crippen molar-refractivity contribution in [3.63, 3.8) is 0 Å². The van der Waals surface area contributed by atoms with Gasteiger partial charge < -0.3 is 10.6 Å².